The van der Waals surface area contributed by atoms with Gasteiger partial charge >= 0.3 is 12.1 Å². The van der Waals surface area contributed by atoms with Crippen LogP contribution in [-0.4, -0.2) is 36.8 Å². The summed E-state index contributed by atoms with van der Waals surface area (Å²) in [4.78, 5) is 17.3. The Bertz CT molecular complexity index is 479. The zero-order valence-corrected chi connectivity index (χ0v) is 11.0. The van der Waals surface area contributed by atoms with Crippen molar-refractivity contribution < 1.29 is 27.1 Å². The van der Waals surface area contributed by atoms with Crippen molar-refractivity contribution in [3.63, 3.8) is 0 Å². The summed E-state index contributed by atoms with van der Waals surface area (Å²) in [5.41, 5.74) is -0.383. The van der Waals surface area contributed by atoms with E-state index < -0.39 is 24.3 Å². The maximum Gasteiger partial charge on any atom is 0.396 e. The Kier molecular flexibility index (Phi) is 4.20. The number of rotatable bonds is 4. The fourth-order valence-corrected chi connectivity index (χ4v) is 2.04. The maximum atomic E-state index is 12.5. The molecule has 1 aliphatic heterocycles. The van der Waals surface area contributed by atoms with E-state index in [9.17, 15) is 18.0 Å². The van der Waals surface area contributed by atoms with E-state index in [1.54, 1.807) is 11.8 Å². The van der Waals surface area contributed by atoms with Crippen LogP contribution in [0.15, 0.2) is 4.42 Å². The maximum absolute atomic E-state index is 12.5. The molecule has 8 heteroatoms. The molecule has 5 nitrogen and oxygen atoms in total. The average molecular weight is 292 g/mol. The number of alkyl halides is 3. The fraction of sp³-hybridized carbons (Fsp3) is 0.667. The summed E-state index contributed by atoms with van der Waals surface area (Å²) in [6.45, 7) is 2.96. The van der Waals surface area contributed by atoms with E-state index in [0.29, 0.717) is 13.1 Å². The molecule has 0 aromatic carbocycles. The number of anilines is 1. The summed E-state index contributed by atoms with van der Waals surface area (Å²) in [5, 5.41) is 0. The molecule has 2 rings (SSSR count). The van der Waals surface area contributed by atoms with Gasteiger partial charge in [-0.05, 0) is 19.8 Å². The molecule has 0 bridgehead atoms. The van der Waals surface area contributed by atoms with Gasteiger partial charge in [0.15, 0.2) is 11.5 Å². The fourth-order valence-electron chi connectivity index (χ4n) is 2.04. The lowest BCUT2D eigenvalue weighted by molar-refractivity contribution is -0.130. The van der Waals surface area contributed by atoms with Gasteiger partial charge in [-0.25, -0.2) is 4.79 Å². The molecule has 0 radical (unpaired) electrons. The van der Waals surface area contributed by atoms with Crippen molar-refractivity contribution in [1.82, 2.24) is 4.98 Å². The summed E-state index contributed by atoms with van der Waals surface area (Å²) in [5.74, 6) is -1.38. The number of hydrogen-bond acceptors (Lipinski definition) is 5. The number of aromatic nitrogens is 1. The van der Waals surface area contributed by atoms with Crippen LogP contribution in [0.1, 0.15) is 36.0 Å². The lowest BCUT2D eigenvalue weighted by Crippen LogP contribution is -2.18. The smallest absolute Gasteiger partial charge is 0.396 e. The van der Waals surface area contributed by atoms with Crippen molar-refractivity contribution in [3.05, 3.63) is 11.5 Å². The molecule has 1 aromatic heterocycles. The highest BCUT2D eigenvalue weighted by Crippen LogP contribution is 2.28. The quantitative estimate of drug-likeness (QED) is 0.798. The molecule has 1 fully saturated rings. The molecule has 2 heterocycles. The normalized spacial score (nSPS) is 15.7. The Morgan fingerprint density at radius 1 is 1.40 bits per heavy atom. The van der Waals surface area contributed by atoms with E-state index in [0.717, 1.165) is 12.8 Å². The molecule has 0 atom stereocenters. The summed E-state index contributed by atoms with van der Waals surface area (Å²) >= 11 is 0. The Morgan fingerprint density at radius 2 is 2.05 bits per heavy atom. The molecule has 20 heavy (non-hydrogen) atoms. The predicted molar refractivity (Wildman–Crippen MR) is 63.7 cm³/mol. The first-order chi connectivity index (χ1) is 9.40. The first kappa shape index (κ1) is 14.7. The highest BCUT2D eigenvalue weighted by atomic mass is 19.4. The molecule has 0 N–H and O–H groups in total. The van der Waals surface area contributed by atoms with Gasteiger partial charge < -0.3 is 14.1 Å². The lowest BCUT2D eigenvalue weighted by atomic mass is 10.2. The van der Waals surface area contributed by atoms with Crippen LogP contribution in [0.5, 0.6) is 0 Å². The third-order valence-electron chi connectivity index (χ3n) is 2.89. The molecule has 0 saturated carbocycles. The van der Waals surface area contributed by atoms with E-state index in [1.165, 1.54) is 0 Å². The number of ether oxygens (including phenoxy) is 1. The molecule has 112 valence electrons. The number of halogens is 3. The van der Waals surface area contributed by atoms with E-state index in [-0.39, 0.29) is 18.3 Å². The van der Waals surface area contributed by atoms with E-state index >= 15 is 0 Å². The molecule has 1 aliphatic rings. The third-order valence-corrected chi connectivity index (χ3v) is 2.89. The van der Waals surface area contributed by atoms with Crippen LogP contribution in [-0.2, 0) is 11.2 Å². The number of carbonyl (C=O) groups excluding carboxylic acids is 1. The standard InChI is InChI=1S/C12H15F3N2O3/c1-2-19-10(18)9-8(7-12(13,14)15)20-11(16-9)17-5-3-4-6-17/h2-7H2,1H3. The summed E-state index contributed by atoms with van der Waals surface area (Å²) < 4.78 is 47.4. The first-order valence-corrected chi connectivity index (χ1v) is 6.39. The number of nitrogens with zero attached hydrogens (tertiary/aromatic N) is 2. The van der Waals surface area contributed by atoms with E-state index in [4.69, 9.17) is 9.15 Å². The van der Waals surface area contributed by atoms with Gasteiger partial charge in [0, 0.05) is 13.1 Å². The number of esters is 1. The minimum Gasteiger partial charge on any atom is -0.461 e. The van der Waals surface area contributed by atoms with Gasteiger partial charge in [-0.1, -0.05) is 0 Å². The molecule has 1 saturated heterocycles. The van der Waals surface area contributed by atoms with Crippen molar-refractivity contribution in [3.8, 4) is 0 Å². The second kappa shape index (κ2) is 5.72. The molecule has 1 aromatic rings. The molecule has 0 aliphatic carbocycles. The highest BCUT2D eigenvalue weighted by Gasteiger charge is 2.35. The first-order valence-electron chi connectivity index (χ1n) is 6.39. The molecule has 0 amide bonds. The summed E-state index contributed by atoms with van der Waals surface area (Å²) in [6.07, 6.45) is -3.96. The van der Waals surface area contributed by atoms with Crippen LogP contribution < -0.4 is 4.90 Å². The average Bonchev–Trinajstić information content (AvgIpc) is 2.95. The van der Waals surface area contributed by atoms with Crippen molar-refractivity contribution >= 4 is 12.0 Å². The summed E-state index contributed by atoms with van der Waals surface area (Å²) in [6, 6.07) is 0.0600. The van der Waals surface area contributed by atoms with Crippen molar-refractivity contribution in [2.24, 2.45) is 0 Å². The van der Waals surface area contributed by atoms with Crippen molar-refractivity contribution in [2.45, 2.75) is 32.4 Å². The summed E-state index contributed by atoms with van der Waals surface area (Å²) in [7, 11) is 0. The zero-order chi connectivity index (χ0) is 14.8. The molecule has 0 spiro atoms. The van der Waals surface area contributed by atoms with Crippen LogP contribution in [0, 0.1) is 0 Å². The van der Waals surface area contributed by atoms with Gasteiger partial charge in [0.1, 0.15) is 6.42 Å². The number of carbonyl (C=O) groups is 1. The van der Waals surface area contributed by atoms with Crippen LogP contribution in [0.4, 0.5) is 19.2 Å². The van der Waals surface area contributed by atoms with Crippen molar-refractivity contribution in [2.75, 3.05) is 24.6 Å². The Hall–Kier alpha value is -1.73. The van der Waals surface area contributed by atoms with Crippen molar-refractivity contribution in [1.29, 1.82) is 0 Å². The Balaban J connectivity index is 2.28. The Labute approximate surface area is 113 Å². The van der Waals surface area contributed by atoms with Crippen LogP contribution in [0.2, 0.25) is 0 Å². The van der Waals surface area contributed by atoms with Gasteiger partial charge in [0.05, 0.1) is 6.61 Å². The molecule has 0 unspecified atom stereocenters. The largest absolute Gasteiger partial charge is 0.461 e. The van der Waals surface area contributed by atoms with E-state index in [2.05, 4.69) is 4.98 Å². The zero-order valence-electron chi connectivity index (χ0n) is 11.0. The lowest BCUT2D eigenvalue weighted by Gasteiger charge is -2.10. The van der Waals surface area contributed by atoms with Gasteiger partial charge in [0.2, 0.25) is 0 Å². The van der Waals surface area contributed by atoms with Crippen LogP contribution >= 0.6 is 0 Å². The molecular weight excluding hydrogens is 277 g/mol. The number of oxazole rings is 1. The monoisotopic (exact) mass is 292 g/mol. The topological polar surface area (TPSA) is 55.6 Å². The van der Waals surface area contributed by atoms with Crippen LogP contribution in [0.25, 0.3) is 0 Å². The second-order valence-electron chi connectivity index (χ2n) is 4.47. The SMILES string of the molecule is CCOC(=O)c1nc(N2CCCC2)oc1CC(F)(F)F. The second-order valence-corrected chi connectivity index (χ2v) is 4.47. The minimum atomic E-state index is -4.47. The number of hydrogen-bond donors (Lipinski definition) is 0. The van der Waals surface area contributed by atoms with Gasteiger partial charge in [0.25, 0.3) is 6.01 Å². The predicted octanol–water partition coefficient (Wildman–Crippen LogP) is 2.56. The van der Waals surface area contributed by atoms with Gasteiger partial charge in [-0.2, -0.15) is 18.2 Å². The molecular formula is C12H15F3N2O3. The minimum absolute atomic E-state index is 0.0600. The van der Waals surface area contributed by atoms with Gasteiger partial charge in [-0.15, -0.1) is 0 Å². The van der Waals surface area contributed by atoms with E-state index in [1.807, 2.05) is 0 Å². The Morgan fingerprint density at radius 3 is 2.60 bits per heavy atom. The van der Waals surface area contributed by atoms with Crippen LogP contribution in [0.3, 0.4) is 0 Å². The van der Waals surface area contributed by atoms with Gasteiger partial charge in [-0.3, -0.25) is 0 Å². The third kappa shape index (κ3) is 3.43. The highest BCUT2D eigenvalue weighted by molar-refractivity contribution is 5.88.